The van der Waals surface area contributed by atoms with Gasteiger partial charge in [-0.15, -0.1) is 0 Å². The molecule has 0 saturated carbocycles. The van der Waals surface area contributed by atoms with Crippen molar-refractivity contribution in [3.05, 3.63) is 84.4 Å². The maximum Gasteiger partial charge on any atom is 0.139 e. The number of hydrogen-bond acceptors (Lipinski definition) is 1. The van der Waals surface area contributed by atoms with E-state index in [1.807, 2.05) is 0 Å². The molecular formula is C22H16N2. The lowest BCUT2D eigenvalue weighted by atomic mass is 10.0. The highest BCUT2D eigenvalue weighted by molar-refractivity contribution is 6.00. The number of rotatable bonds is 1. The van der Waals surface area contributed by atoms with Crippen molar-refractivity contribution in [1.29, 1.82) is 0 Å². The van der Waals surface area contributed by atoms with Gasteiger partial charge in [-0.1, -0.05) is 54.6 Å². The van der Waals surface area contributed by atoms with Gasteiger partial charge in [0.1, 0.15) is 5.65 Å². The SMILES string of the molecule is Cc1ccc2nc3cc(-c4ccccc4)c4ccccc4n3c2c1. The molecule has 0 aliphatic rings. The van der Waals surface area contributed by atoms with Crippen LogP contribution in [0.15, 0.2) is 78.9 Å². The maximum absolute atomic E-state index is 4.86. The molecule has 114 valence electrons. The van der Waals surface area contributed by atoms with Gasteiger partial charge in [-0.05, 0) is 47.9 Å². The number of aromatic nitrogens is 2. The molecule has 0 atom stereocenters. The normalized spacial score (nSPS) is 11.5. The third-order valence-corrected chi connectivity index (χ3v) is 4.63. The van der Waals surface area contributed by atoms with Gasteiger partial charge >= 0.3 is 0 Å². The van der Waals surface area contributed by atoms with Crippen molar-refractivity contribution in [2.24, 2.45) is 0 Å². The molecule has 0 saturated heterocycles. The highest BCUT2D eigenvalue weighted by Gasteiger charge is 2.12. The lowest BCUT2D eigenvalue weighted by molar-refractivity contribution is 1.29. The summed E-state index contributed by atoms with van der Waals surface area (Å²) in [6.45, 7) is 2.12. The topological polar surface area (TPSA) is 17.3 Å². The predicted molar refractivity (Wildman–Crippen MR) is 100 cm³/mol. The smallest absolute Gasteiger partial charge is 0.139 e. The van der Waals surface area contributed by atoms with Crippen LogP contribution in [-0.2, 0) is 0 Å². The molecule has 0 aliphatic heterocycles. The van der Waals surface area contributed by atoms with Crippen molar-refractivity contribution in [2.45, 2.75) is 6.92 Å². The summed E-state index contributed by atoms with van der Waals surface area (Å²) in [6.07, 6.45) is 0. The number of para-hydroxylation sites is 1. The minimum atomic E-state index is 0.994. The molecule has 0 fully saturated rings. The third-order valence-electron chi connectivity index (χ3n) is 4.63. The summed E-state index contributed by atoms with van der Waals surface area (Å²) in [6, 6.07) is 27.7. The lowest BCUT2D eigenvalue weighted by Gasteiger charge is -2.10. The first-order chi connectivity index (χ1) is 11.8. The second-order valence-corrected chi connectivity index (χ2v) is 6.24. The first-order valence-electron chi connectivity index (χ1n) is 8.17. The number of nitrogens with zero attached hydrogens (tertiary/aromatic N) is 2. The zero-order valence-corrected chi connectivity index (χ0v) is 13.4. The van der Waals surface area contributed by atoms with Gasteiger partial charge in [0.25, 0.3) is 0 Å². The highest BCUT2D eigenvalue weighted by Crippen LogP contribution is 2.32. The van der Waals surface area contributed by atoms with Crippen LogP contribution >= 0.6 is 0 Å². The van der Waals surface area contributed by atoms with E-state index in [9.17, 15) is 0 Å². The van der Waals surface area contributed by atoms with Crippen LogP contribution in [0.1, 0.15) is 5.56 Å². The Labute approximate surface area is 140 Å². The number of aryl methyl sites for hydroxylation is 1. The fourth-order valence-corrected chi connectivity index (χ4v) is 3.51. The number of pyridine rings is 1. The molecule has 0 amide bonds. The molecule has 0 N–H and O–H groups in total. The van der Waals surface area contributed by atoms with Gasteiger partial charge in [-0.2, -0.15) is 0 Å². The number of imidazole rings is 1. The van der Waals surface area contributed by atoms with E-state index in [4.69, 9.17) is 4.98 Å². The van der Waals surface area contributed by atoms with Gasteiger partial charge in [0, 0.05) is 5.39 Å². The van der Waals surface area contributed by atoms with E-state index >= 15 is 0 Å². The molecule has 0 unspecified atom stereocenters. The zero-order chi connectivity index (χ0) is 16.1. The first-order valence-corrected chi connectivity index (χ1v) is 8.17. The maximum atomic E-state index is 4.86. The van der Waals surface area contributed by atoms with E-state index in [0.29, 0.717) is 0 Å². The zero-order valence-electron chi connectivity index (χ0n) is 13.4. The summed E-state index contributed by atoms with van der Waals surface area (Å²) in [5.74, 6) is 0. The molecule has 0 spiro atoms. The van der Waals surface area contributed by atoms with Crippen molar-refractivity contribution < 1.29 is 0 Å². The molecule has 2 aromatic heterocycles. The number of hydrogen-bond donors (Lipinski definition) is 0. The second kappa shape index (κ2) is 4.93. The molecule has 0 bridgehead atoms. The monoisotopic (exact) mass is 308 g/mol. The van der Waals surface area contributed by atoms with Crippen LogP contribution in [0.25, 0.3) is 38.7 Å². The highest BCUT2D eigenvalue weighted by atomic mass is 15.0. The number of fused-ring (bicyclic) bond motifs is 5. The average Bonchev–Trinajstić information content (AvgIpc) is 2.99. The summed E-state index contributed by atoms with van der Waals surface area (Å²) in [5.41, 5.74) is 8.09. The summed E-state index contributed by atoms with van der Waals surface area (Å²) in [4.78, 5) is 4.86. The van der Waals surface area contributed by atoms with E-state index in [1.165, 1.54) is 33.1 Å². The molecule has 0 aliphatic carbocycles. The van der Waals surface area contributed by atoms with Crippen LogP contribution in [0.3, 0.4) is 0 Å². The van der Waals surface area contributed by atoms with Crippen LogP contribution in [0, 0.1) is 6.92 Å². The Morgan fingerprint density at radius 1 is 0.750 bits per heavy atom. The van der Waals surface area contributed by atoms with Crippen LogP contribution in [0.4, 0.5) is 0 Å². The molecule has 2 nitrogen and oxygen atoms in total. The third kappa shape index (κ3) is 1.86. The van der Waals surface area contributed by atoms with Crippen molar-refractivity contribution in [1.82, 2.24) is 9.38 Å². The van der Waals surface area contributed by atoms with Gasteiger partial charge in [0.05, 0.1) is 16.6 Å². The van der Waals surface area contributed by atoms with Crippen molar-refractivity contribution >= 4 is 27.6 Å². The van der Waals surface area contributed by atoms with Crippen molar-refractivity contribution in [2.75, 3.05) is 0 Å². The van der Waals surface area contributed by atoms with Crippen LogP contribution in [-0.4, -0.2) is 9.38 Å². The van der Waals surface area contributed by atoms with Crippen LogP contribution in [0.5, 0.6) is 0 Å². The molecule has 2 heteroatoms. The van der Waals surface area contributed by atoms with Crippen molar-refractivity contribution in [3.8, 4) is 11.1 Å². The molecule has 5 rings (SSSR count). The van der Waals surface area contributed by atoms with Gasteiger partial charge in [-0.25, -0.2) is 4.98 Å². The van der Waals surface area contributed by atoms with Gasteiger partial charge in [0.2, 0.25) is 0 Å². The summed E-state index contributed by atoms with van der Waals surface area (Å²) in [7, 11) is 0. The second-order valence-electron chi connectivity index (χ2n) is 6.24. The molecule has 5 aromatic rings. The predicted octanol–water partition coefficient (Wildman–Crippen LogP) is 5.62. The average molecular weight is 308 g/mol. The molecular weight excluding hydrogens is 292 g/mol. The Bertz CT molecular complexity index is 1200. The van der Waals surface area contributed by atoms with Crippen LogP contribution < -0.4 is 0 Å². The van der Waals surface area contributed by atoms with Crippen LogP contribution in [0.2, 0.25) is 0 Å². The summed E-state index contributed by atoms with van der Waals surface area (Å²) >= 11 is 0. The van der Waals surface area contributed by atoms with E-state index in [0.717, 1.165) is 11.2 Å². The lowest BCUT2D eigenvalue weighted by Crippen LogP contribution is -1.91. The minimum absolute atomic E-state index is 0.994. The van der Waals surface area contributed by atoms with E-state index in [2.05, 4.69) is 90.2 Å². The largest absolute Gasteiger partial charge is 0.292 e. The summed E-state index contributed by atoms with van der Waals surface area (Å²) in [5, 5.41) is 1.25. The van der Waals surface area contributed by atoms with E-state index < -0.39 is 0 Å². The number of benzene rings is 3. The standard InChI is InChI=1S/C22H16N2/c1-15-11-12-19-21(13-15)24-20-10-6-5-9-17(20)18(14-22(24)23-19)16-7-3-2-4-8-16/h2-14H,1H3. The Balaban J connectivity index is 2.01. The van der Waals surface area contributed by atoms with Gasteiger partial charge in [-0.3, -0.25) is 4.40 Å². The fraction of sp³-hybridized carbons (Fsp3) is 0.0455. The molecule has 0 radical (unpaired) electrons. The van der Waals surface area contributed by atoms with Crippen molar-refractivity contribution in [3.63, 3.8) is 0 Å². The van der Waals surface area contributed by atoms with E-state index in [1.54, 1.807) is 0 Å². The molecule has 2 heterocycles. The quantitative estimate of drug-likeness (QED) is 0.393. The molecule has 24 heavy (non-hydrogen) atoms. The summed E-state index contributed by atoms with van der Waals surface area (Å²) < 4.78 is 2.27. The van der Waals surface area contributed by atoms with Gasteiger partial charge in [0.15, 0.2) is 0 Å². The van der Waals surface area contributed by atoms with E-state index in [-0.39, 0.29) is 0 Å². The Hall–Kier alpha value is -3.13. The Morgan fingerprint density at radius 3 is 2.42 bits per heavy atom. The Morgan fingerprint density at radius 2 is 1.54 bits per heavy atom. The molecule has 3 aromatic carbocycles. The fourth-order valence-electron chi connectivity index (χ4n) is 3.51. The first kappa shape index (κ1) is 13.3. The van der Waals surface area contributed by atoms with Gasteiger partial charge < -0.3 is 0 Å². The Kier molecular flexibility index (Phi) is 2.74. The minimum Gasteiger partial charge on any atom is -0.292 e.